The van der Waals surface area contributed by atoms with Crippen molar-refractivity contribution in [1.82, 2.24) is 20.0 Å². The Hall–Kier alpha value is -2.24. The van der Waals surface area contributed by atoms with Crippen LogP contribution in [0, 0.1) is 5.92 Å². The van der Waals surface area contributed by atoms with Crippen molar-refractivity contribution in [2.45, 2.75) is 38.0 Å². The molecule has 0 aromatic carbocycles. The number of hydrogen-bond acceptors (Lipinski definition) is 5. The van der Waals surface area contributed by atoms with Crippen LogP contribution >= 0.6 is 0 Å². The average Bonchev–Trinajstić information content (AvgIpc) is 3.04. The third kappa shape index (κ3) is 2.85. The quantitative estimate of drug-likeness (QED) is 0.871. The maximum absolute atomic E-state index is 12.3. The van der Waals surface area contributed by atoms with Crippen molar-refractivity contribution in [1.29, 1.82) is 0 Å². The molecule has 2 aliphatic rings. The third-order valence-corrected chi connectivity index (χ3v) is 4.99. The minimum atomic E-state index is 0.253. The smallest absolute Gasteiger partial charge is 0.230 e. The van der Waals surface area contributed by atoms with Crippen LogP contribution in [0.2, 0.25) is 0 Å². The highest BCUT2D eigenvalue weighted by Gasteiger charge is 2.33. The summed E-state index contributed by atoms with van der Waals surface area (Å²) in [6.45, 7) is 1.60. The van der Waals surface area contributed by atoms with Gasteiger partial charge in [-0.1, -0.05) is 11.6 Å². The van der Waals surface area contributed by atoms with Crippen LogP contribution in [0.1, 0.15) is 43.9 Å². The molecule has 4 rings (SSSR count). The number of rotatable bonds is 3. The molecule has 120 valence electrons. The third-order valence-electron chi connectivity index (χ3n) is 4.99. The van der Waals surface area contributed by atoms with Crippen molar-refractivity contribution in [3.05, 3.63) is 30.4 Å². The van der Waals surface area contributed by atoms with Gasteiger partial charge in [0.25, 0.3) is 0 Å². The first-order valence-corrected chi connectivity index (χ1v) is 8.34. The van der Waals surface area contributed by atoms with Gasteiger partial charge in [0, 0.05) is 42.9 Å². The molecule has 0 bridgehead atoms. The summed E-state index contributed by atoms with van der Waals surface area (Å²) in [6, 6.07) is 3.74. The van der Waals surface area contributed by atoms with Gasteiger partial charge in [-0.3, -0.25) is 9.78 Å². The first-order valence-electron chi connectivity index (χ1n) is 8.34. The van der Waals surface area contributed by atoms with E-state index in [2.05, 4.69) is 15.1 Å². The Morgan fingerprint density at radius 3 is 2.52 bits per heavy atom. The lowest BCUT2D eigenvalue weighted by atomic mass is 9.83. The van der Waals surface area contributed by atoms with Gasteiger partial charge in [0.15, 0.2) is 0 Å². The largest absolute Gasteiger partial charge is 0.342 e. The fraction of sp³-hybridized carbons (Fsp3) is 0.529. The summed E-state index contributed by atoms with van der Waals surface area (Å²) in [5.41, 5.74) is 0.910. The van der Waals surface area contributed by atoms with Crippen molar-refractivity contribution in [3.63, 3.8) is 0 Å². The Morgan fingerprint density at radius 1 is 1.13 bits per heavy atom. The molecule has 1 saturated heterocycles. The highest BCUT2D eigenvalue weighted by molar-refractivity contribution is 5.79. The predicted molar refractivity (Wildman–Crippen MR) is 83.4 cm³/mol. The summed E-state index contributed by atoms with van der Waals surface area (Å²) in [5.74, 6) is 2.18. The van der Waals surface area contributed by atoms with E-state index in [9.17, 15) is 4.79 Å². The molecule has 0 spiro atoms. The van der Waals surface area contributed by atoms with E-state index in [0.717, 1.165) is 44.3 Å². The molecule has 2 aromatic heterocycles. The minimum absolute atomic E-state index is 0.253. The van der Waals surface area contributed by atoms with Crippen LogP contribution in [0.5, 0.6) is 0 Å². The van der Waals surface area contributed by atoms with E-state index in [1.165, 1.54) is 6.42 Å². The molecule has 6 heteroatoms. The van der Waals surface area contributed by atoms with Gasteiger partial charge in [0.1, 0.15) is 0 Å². The van der Waals surface area contributed by atoms with E-state index in [0.29, 0.717) is 17.6 Å². The molecule has 2 aromatic rings. The Morgan fingerprint density at radius 2 is 1.87 bits per heavy atom. The zero-order valence-electron chi connectivity index (χ0n) is 13.0. The average molecular weight is 312 g/mol. The fourth-order valence-electron chi connectivity index (χ4n) is 3.28. The fourth-order valence-corrected chi connectivity index (χ4v) is 3.28. The molecule has 1 aliphatic carbocycles. The maximum Gasteiger partial charge on any atom is 0.230 e. The molecule has 2 fully saturated rings. The van der Waals surface area contributed by atoms with Crippen molar-refractivity contribution in [2.24, 2.45) is 5.92 Å². The number of nitrogens with zero attached hydrogens (tertiary/aromatic N) is 4. The molecular formula is C17H20N4O2. The summed E-state index contributed by atoms with van der Waals surface area (Å²) in [7, 11) is 0. The van der Waals surface area contributed by atoms with Gasteiger partial charge in [0.05, 0.1) is 0 Å². The second-order valence-electron chi connectivity index (χ2n) is 6.42. The number of aromatic nitrogens is 3. The SMILES string of the molecule is O=C(C1CCC1)N1CCC(c2nc(-c3ccncc3)no2)CC1. The van der Waals surface area contributed by atoms with Gasteiger partial charge in [-0.15, -0.1) is 0 Å². The van der Waals surface area contributed by atoms with Crippen molar-refractivity contribution < 1.29 is 9.32 Å². The van der Waals surface area contributed by atoms with E-state index in [-0.39, 0.29) is 11.8 Å². The Balaban J connectivity index is 1.39. The molecular weight excluding hydrogens is 292 g/mol. The first-order chi connectivity index (χ1) is 11.3. The Labute approximate surface area is 134 Å². The molecule has 0 atom stereocenters. The maximum atomic E-state index is 12.3. The zero-order valence-corrected chi connectivity index (χ0v) is 13.0. The topological polar surface area (TPSA) is 72.1 Å². The number of pyridine rings is 1. The van der Waals surface area contributed by atoms with Gasteiger partial charge in [-0.25, -0.2) is 0 Å². The monoisotopic (exact) mass is 312 g/mol. The number of likely N-dealkylation sites (tertiary alicyclic amines) is 1. The molecule has 1 aliphatic heterocycles. The zero-order chi connectivity index (χ0) is 15.6. The summed E-state index contributed by atoms with van der Waals surface area (Å²) >= 11 is 0. The molecule has 0 N–H and O–H groups in total. The highest BCUT2D eigenvalue weighted by Crippen LogP contribution is 2.32. The number of carbonyl (C=O) groups excluding carboxylic acids is 1. The molecule has 0 radical (unpaired) electrons. The van der Waals surface area contributed by atoms with Crippen LogP contribution in [0.3, 0.4) is 0 Å². The molecule has 1 amide bonds. The van der Waals surface area contributed by atoms with Crippen molar-refractivity contribution in [3.8, 4) is 11.4 Å². The number of carbonyl (C=O) groups is 1. The summed E-state index contributed by atoms with van der Waals surface area (Å²) < 4.78 is 5.45. The Kier molecular flexibility index (Phi) is 3.81. The van der Waals surface area contributed by atoms with Gasteiger partial charge < -0.3 is 9.42 Å². The van der Waals surface area contributed by atoms with Gasteiger partial charge >= 0.3 is 0 Å². The Bertz CT molecular complexity index is 673. The number of amides is 1. The second kappa shape index (κ2) is 6.10. The van der Waals surface area contributed by atoms with E-state index in [1.807, 2.05) is 17.0 Å². The lowest BCUT2D eigenvalue weighted by Gasteiger charge is -2.35. The standard InChI is InChI=1S/C17H20N4O2/c22-17(14-2-1-3-14)21-10-6-13(7-11-21)16-19-15(20-23-16)12-4-8-18-9-5-12/h4-5,8-9,13-14H,1-3,6-7,10-11H2. The van der Waals surface area contributed by atoms with E-state index in [4.69, 9.17) is 4.52 Å². The van der Waals surface area contributed by atoms with E-state index >= 15 is 0 Å². The normalized spacial score (nSPS) is 19.6. The predicted octanol–water partition coefficient (Wildman–Crippen LogP) is 2.64. The second-order valence-corrected chi connectivity index (χ2v) is 6.42. The number of piperidine rings is 1. The van der Waals surface area contributed by atoms with Gasteiger partial charge in [-0.05, 0) is 37.8 Å². The van der Waals surface area contributed by atoms with Crippen LogP contribution < -0.4 is 0 Å². The van der Waals surface area contributed by atoms with Crippen LogP contribution in [-0.2, 0) is 4.79 Å². The van der Waals surface area contributed by atoms with Gasteiger partial charge in [-0.2, -0.15) is 4.98 Å². The lowest BCUT2D eigenvalue weighted by molar-refractivity contribution is -0.139. The van der Waals surface area contributed by atoms with Gasteiger partial charge in [0.2, 0.25) is 17.6 Å². The van der Waals surface area contributed by atoms with E-state index in [1.54, 1.807) is 12.4 Å². The summed E-state index contributed by atoms with van der Waals surface area (Å²) in [6.07, 6.45) is 8.57. The summed E-state index contributed by atoms with van der Waals surface area (Å²) in [4.78, 5) is 22.8. The molecule has 0 unspecified atom stereocenters. The summed E-state index contributed by atoms with van der Waals surface area (Å²) in [5, 5.41) is 4.07. The molecule has 3 heterocycles. The van der Waals surface area contributed by atoms with Crippen molar-refractivity contribution in [2.75, 3.05) is 13.1 Å². The van der Waals surface area contributed by atoms with Crippen LogP contribution in [0.15, 0.2) is 29.0 Å². The van der Waals surface area contributed by atoms with Crippen LogP contribution in [0.4, 0.5) is 0 Å². The van der Waals surface area contributed by atoms with E-state index < -0.39 is 0 Å². The van der Waals surface area contributed by atoms with Crippen LogP contribution in [0.25, 0.3) is 11.4 Å². The number of hydrogen-bond donors (Lipinski definition) is 0. The van der Waals surface area contributed by atoms with Crippen LogP contribution in [-0.4, -0.2) is 39.0 Å². The lowest BCUT2D eigenvalue weighted by Crippen LogP contribution is -2.43. The van der Waals surface area contributed by atoms with Crippen molar-refractivity contribution >= 4 is 5.91 Å². The first kappa shape index (κ1) is 14.4. The minimum Gasteiger partial charge on any atom is -0.342 e. The highest BCUT2D eigenvalue weighted by atomic mass is 16.5. The molecule has 6 nitrogen and oxygen atoms in total. The molecule has 1 saturated carbocycles. The molecule has 23 heavy (non-hydrogen) atoms.